The lowest BCUT2D eigenvalue weighted by atomic mass is 10.3. The van der Waals surface area contributed by atoms with E-state index in [4.69, 9.17) is 4.74 Å². The zero-order chi connectivity index (χ0) is 20.0. The number of amides is 1. The topological polar surface area (TPSA) is 110 Å². The molecule has 28 heavy (non-hydrogen) atoms. The van der Waals surface area contributed by atoms with Crippen molar-refractivity contribution in [3.8, 4) is 16.5 Å². The molecule has 0 spiro atoms. The molecular formula is C18H18N4O4S2. The van der Waals surface area contributed by atoms with Gasteiger partial charge < -0.3 is 10.1 Å². The number of ether oxygens (including phenoxy) is 1. The van der Waals surface area contributed by atoms with Crippen LogP contribution >= 0.6 is 11.3 Å². The van der Waals surface area contributed by atoms with Gasteiger partial charge in [0, 0.05) is 25.2 Å². The van der Waals surface area contributed by atoms with Gasteiger partial charge in [0.1, 0.15) is 12.3 Å². The molecule has 0 aliphatic rings. The minimum atomic E-state index is -3.67. The van der Waals surface area contributed by atoms with E-state index in [0.29, 0.717) is 11.6 Å². The van der Waals surface area contributed by atoms with E-state index in [9.17, 15) is 13.2 Å². The highest BCUT2D eigenvalue weighted by Crippen LogP contribution is 2.22. The van der Waals surface area contributed by atoms with Crippen LogP contribution in [-0.4, -0.2) is 37.7 Å². The first-order valence-electron chi connectivity index (χ1n) is 8.32. The van der Waals surface area contributed by atoms with Crippen molar-refractivity contribution in [3.63, 3.8) is 0 Å². The van der Waals surface area contributed by atoms with Gasteiger partial charge in [-0.1, -0.05) is 6.07 Å². The van der Waals surface area contributed by atoms with Crippen LogP contribution in [0, 0.1) is 0 Å². The number of hydrogen-bond acceptors (Lipinski definition) is 7. The number of aromatic nitrogens is 2. The van der Waals surface area contributed by atoms with Crippen molar-refractivity contribution in [2.24, 2.45) is 0 Å². The molecule has 0 radical (unpaired) electrons. The monoisotopic (exact) mass is 418 g/mol. The normalized spacial score (nSPS) is 11.2. The molecule has 146 valence electrons. The molecule has 0 aliphatic carbocycles. The molecule has 0 atom stereocenters. The molecule has 2 N–H and O–H groups in total. The third kappa shape index (κ3) is 5.35. The van der Waals surface area contributed by atoms with Gasteiger partial charge in [0.15, 0.2) is 0 Å². The van der Waals surface area contributed by atoms with Gasteiger partial charge in [0.05, 0.1) is 9.77 Å². The quantitative estimate of drug-likeness (QED) is 0.544. The minimum Gasteiger partial charge on any atom is -0.475 e. The SMILES string of the molecule is CC(=O)Nc1ccc(S(=O)(=O)NCCOc2ccc(-c3cccs3)nn2)cc1. The maximum atomic E-state index is 12.3. The van der Waals surface area contributed by atoms with Crippen LogP contribution in [-0.2, 0) is 14.8 Å². The summed E-state index contributed by atoms with van der Waals surface area (Å²) in [5, 5.41) is 12.6. The molecule has 0 aliphatic heterocycles. The van der Waals surface area contributed by atoms with Gasteiger partial charge in [0.25, 0.3) is 0 Å². The van der Waals surface area contributed by atoms with E-state index in [2.05, 4.69) is 20.2 Å². The predicted molar refractivity (Wildman–Crippen MR) is 107 cm³/mol. The number of carbonyl (C=O) groups is 1. The molecule has 3 rings (SSSR count). The summed E-state index contributed by atoms with van der Waals surface area (Å²) in [7, 11) is -3.67. The summed E-state index contributed by atoms with van der Waals surface area (Å²) in [5.41, 5.74) is 1.28. The van der Waals surface area contributed by atoms with Crippen molar-refractivity contribution in [2.45, 2.75) is 11.8 Å². The number of sulfonamides is 1. The lowest BCUT2D eigenvalue weighted by Gasteiger charge is -2.09. The Labute approximate surface area is 166 Å². The summed E-state index contributed by atoms with van der Waals surface area (Å²) < 4.78 is 32.4. The van der Waals surface area contributed by atoms with Crippen LogP contribution in [0.15, 0.2) is 58.8 Å². The molecule has 10 heteroatoms. The van der Waals surface area contributed by atoms with Crippen LogP contribution in [0.5, 0.6) is 5.88 Å². The van der Waals surface area contributed by atoms with Gasteiger partial charge in [-0.15, -0.1) is 21.5 Å². The lowest BCUT2D eigenvalue weighted by Crippen LogP contribution is -2.28. The molecule has 1 amide bonds. The van der Waals surface area contributed by atoms with E-state index in [1.807, 2.05) is 17.5 Å². The van der Waals surface area contributed by atoms with Crippen LogP contribution in [0.1, 0.15) is 6.92 Å². The zero-order valence-corrected chi connectivity index (χ0v) is 16.6. The van der Waals surface area contributed by atoms with Crippen molar-refractivity contribution in [1.82, 2.24) is 14.9 Å². The highest BCUT2D eigenvalue weighted by molar-refractivity contribution is 7.89. The van der Waals surface area contributed by atoms with Gasteiger partial charge in [-0.2, -0.15) is 0 Å². The fourth-order valence-electron chi connectivity index (χ4n) is 2.29. The summed E-state index contributed by atoms with van der Waals surface area (Å²) >= 11 is 1.57. The first-order valence-corrected chi connectivity index (χ1v) is 10.7. The van der Waals surface area contributed by atoms with E-state index < -0.39 is 10.0 Å². The van der Waals surface area contributed by atoms with Crippen LogP contribution in [0.2, 0.25) is 0 Å². The molecule has 0 bridgehead atoms. The summed E-state index contributed by atoms with van der Waals surface area (Å²) in [4.78, 5) is 12.1. The maximum Gasteiger partial charge on any atom is 0.240 e. The molecule has 2 aromatic heterocycles. The number of thiophene rings is 1. The number of rotatable bonds is 8. The first-order chi connectivity index (χ1) is 13.4. The summed E-state index contributed by atoms with van der Waals surface area (Å²) in [6, 6.07) is 13.3. The fraction of sp³-hybridized carbons (Fsp3) is 0.167. The largest absolute Gasteiger partial charge is 0.475 e. The Balaban J connectivity index is 1.49. The number of nitrogens with one attached hydrogen (secondary N) is 2. The van der Waals surface area contributed by atoms with Gasteiger partial charge in [-0.05, 0) is 41.8 Å². The van der Waals surface area contributed by atoms with Crippen molar-refractivity contribution in [3.05, 3.63) is 53.9 Å². The zero-order valence-electron chi connectivity index (χ0n) is 15.0. The summed E-state index contributed by atoms with van der Waals surface area (Å²) in [6.07, 6.45) is 0. The summed E-state index contributed by atoms with van der Waals surface area (Å²) in [6.45, 7) is 1.56. The molecule has 0 saturated heterocycles. The number of carbonyl (C=O) groups excluding carboxylic acids is 1. The van der Waals surface area contributed by atoms with Crippen LogP contribution in [0.3, 0.4) is 0 Å². The Hall–Kier alpha value is -2.82. The molecular weight excluding hydrogens is 400 g/mol. The Morgan fingerprint density at radius 1 is 1.11 bits per heavy atom. The molecule has 0 unspecified atom stereocenters. The smallest absolute Gasteiger partial charge is 0.240 e. The van der Waals surface area contributed by atoms with Gasteiger partial charge >= 0.3 is 0 Å². The van der Waals surface area contributed by atoms with E-state index in [1.54, 1.807) is 23.5 Å². The molecule has 1 aromatic carbocycles. The van der Waals surface area contributed by atoms with E-state index in [1.165, 1.54) is 31.2 Å². The molecule has 0 saturated carbocycles. The molecule has 0 fully saturated rings. The maximum absolute atomic E-state index is 12.3. The predicted octanol–water partition coefficient (Wildman–Crippen LogP) is 2.52. The second kappa shape index (κ2) is 8.91. The van der Waals surface area contributed by atoms with Crippen LogP contribution in [0.25, 0.3) is 10.6 Å². The highest BCUT2D eigenvalue weighted by Gasteiger charge is 2.13. The average molecular weight is 419 g/mol. The number of anilines is 1. The third-order valence-electron chi connectivity index (χ3n) is 3.54. The third-order valence-corrected chi connectivity index (χ3v) is 5.91. The molecule has 2 heterocycles. The first kappa shape index (κ1) is 19.9. The van der Waals surface area contributed by atoms with Crippen molar-refractivity contribution in [1.29, 1.82) is 0 Å². The fourth-order valence-corrected chi connectivity index (χ4v) is 3.99. The second-order valence-electron chi connectivity index (χ2n) is 5.69. The number of nitrogens with zero attached hydrogens (tertiary/aromatic N) is 2. The Bertz CT molecular complexity index is 1020. The van der Waals surface area contributed by atoms with Crippen LogP contribution < -0.4 is 14.8 Å². The summed E-state index contributed by atoms with van der Waals surface area (Å²) in [5.74, 6) is 0.0940. The minimum absolute atomic E-state index is 0.0735. The Kier molecular flexibility index (Phi) is 6.34. The van der Waals surface area contributed by atoms with E-state index in [0.717, 1.165) is 10.6 Å². The van der Waals surface area contributed by atoms with Gasteiger partial charge in [-0.3, -0.25) is 4.79 Å². The Morgan fingerprint density at radius 3 is 2.50 bits per heavy atom. The average Bonchev–Trinajstić information content (AvgIpc) is 3.20. The molecule has 3 aromatic rings. The standard InChI is InChI=1S/C18H18N4O4S2/c1-13(23)20-14-4-6-15(7-5-14)28(24,25)19-10-11-26-18-9-8-16(21-22-18)17-3-2-12-27-17/h2-9,12,19H,10-11H2,1H3,(H,20,23). The number of hydrogen-bond donors (Lipinski definition) is 2. The van der Waals surface area contributed by atoms with Crippen molar-refractivity contribution >= 4 is 33.0 Å². The van der Waals surface area contributed by atoms with E-state index >= 15 is 0 Å². The highest BCUT2D eigenvalue weighted by atomic mass is 32.2. The Morgan fingerprint density at radius 2 is 1.89 bits per heavy atom. The van der Waals surface area contributed by atoms with Crippen LogP contribution in [0.4, 0.5) is 5.69 Å². The van der Waals surface area contributed by atoms with Crippen molar-refractivity contribution < 1.29 is 17.9 Å². The lowest BCUT2D eigenvalue weighted by molar-refractivity contribution is -0.114. The van der Waals surface area contributed by atoms with Gasteiger partial charge in [-0.25, -0.2) is 13.1 Å². The van der Waals surface area contributed by atoms with E-state index in [-0.39, 0.29) is 24.0 Å². The second-order valence-corrected chi connectivity index (χ2v) is 8.40. The molecule has 8 nitrogen and oxygen atoms in total. The number of benzene rings is 1. The van der Waals surface area contributed by atoms with Crippen molar-refractivity contribution in [2.75, 3.05) is 18.5 Å². The van der Waals surface area contributed by atoms with Gasteiger partial charge in [0.2, 0.25) is 21.8 Å².